The standard InChI is InChI=1S/C18H20N2O4/c1-10(2)13-8-15(21)19-16-14(18(22)23)9-20(17(13)16)11-5-4-6-12(7-11)24-3/h4-7,9-10,13H,8H2,1-3H3,(H,19,21)(H,22,23). The van der Waals surface area contributed by atoms with E-state index in [9.17, 15) is 14.7 Å². The van der Waals surface area contributed by atoms with Gasteiger partial charge in [-0.2, -0.15) is 0 Å². The number of carboxylic acid groups (broad SMARTS) is 1. The summed E-state index contributed by atoms with van der Waals surface area (Å²) >= 11 is 0. The van der Waals surface area contributed by atoms with Gasteiger partial charge in [-0.15, -0.1) is 0 Å². The fourth-order valence-corrected chi connectivity index (χ4v) is 3.19. The number of carboxylic acids is 1. The monoisotopic (exact) mass is 328 g/mol. The van der Waals surface area contributed by atoms with Crippen molar-refractivity contribution in [2.45, 2.75) is 26.2 Å². The number of carbonyl (C=O) groups is 2. The van der Waals surface area contributed by atoms with Gasteiger partial charge in [-0.05, 0) is 18.1 Å². The van der Waals surface area contributed by atoms with Crippen LogP contribution >= 0.6 is 0 Å². The van der Waals surface area contributed by atoms with Crippen LogP contribution in [-0.4, -0.2) is 28.7 Å². The summed E-state index contributed by atoms with van der Waals surface area (Å²) in [5.74, 6) is -0.360. The maximum atomic E-state index is 12.0. The van der Waals surface area contributed by atoms with Gasteiger partial charge in [-0.1, -0.05) is 19.9 Å². The molecule has 2 N–H and O–H groups in total. The van der Waals surface area contributed by atoms with Crippen molar-refractivity contribution in [2.24, 2.45) is 5.92 Å². The fourth-order valence-electron chi connectivity index (χ4n) is 3.19. The van der Waals surface area contributed by atoms with Crippen LogP contribution in [0.2, 0.25) is 0 Å². The summed E-state index contributed by atoms with van der Waals surface area (Å²) in [6.45, 7) is 4.08. The quantitative estimate of drug-likeness (QED) is 0.902. The van der Waals surface area contributed by atoms with Crippen LogP contribution in [0.4, 0.5) is 5.69 Å². The Balaban J connectivity index is 2.25. The lowest BCUT2D eigenvalue weighted by molar-refractivity contribution is -0.117. The highest BCUT2D eigenvalue weighted by Crippen LogP contribution is 2.41. The average molecular weight is 328 g/mol. The Kier molecular flexibility index (Phi) is 4.05. The van der Waals surface area contributed by atoms with E-state index < -0.39 is 5.97 Å². The molecular formula is C18H20N2O4. The van der Waals surface area contributed by atoms with Gasteiger partial charge >= 0.3 is 5.97 Å². The second kappa shape index (κ2) is 6.03. The summed E-state index contributed by atoms with van der Waals surface area (Å²) in [6.07, 6.45) is 1.92. The van der Waals surface area contributed by atoms with Crippen molar-refractivity contribution in [1.82, 2.24) is 4.57 Å². The van der Waals surface area contributed by atoms with Crippen LogP contribution in [0.1, 0.15) is 42.2 Å². The van der Waals surface area contributed by atoms with E-state index in [1.165, 1.54) is 0 Å². The lowest BCUT2D eigenvalue weighted by Gasteiger charge is -2.28. The minimum Gasteiger partial charge on any atom is -0.497 e. The first kappa shape index (κ1) is 16.1. The number of benzene rings is 1. The molecule has 3 rings (SSSR count). The summed E-state index contributed by atoms with van der Waals surface area (Å²) in [6, 6.07) is 7.42. The molecule has 1 unspecified atom stereocenters. The Labute approximate surface area is 140 Å². The topological polar surface area (TPSA) is 80.6 Å². The van der Waals surface area contributed by atoms with Crippen molar-refractivity contribution in [3.63, 3.8) is 0 Å². The van der Waals surface area contributed by atoms with Crippen LogP contribution in [0, 0.1) is 5.92 Å². The molecule has 1 aliphatic rings. The molecule has 0 spiro atoms. The van der Waals surface area contributed by atoms with E-state index in [1.54, 1.807) is 13.3 Å². The number of rotatable bonds is 4. The molecule has 24 heavy (non-hydrogen) atoms. The predicted molar refractivity (Wildman–Crippen MR) is 90.1 cm³/mol. The Bertz CT molecular complexity index is 807. The first-order chi connectivity index (χ1) is 11.4. The van der Waals surface area contributed by atoms with E-state index in [1.807, 2.05) is 42.7 Å². The molecule has 0 aliphatic carbocycles. The lowest BCUT2D eigenvalue weighted by Crippen LogP contribution is -2.27. The minimum absolute atomic E-state index is 0.0481. The summed E-state index contributed by atoms with van der Waals surface area (Å²) < 4.78 is 7.12. The summed E-state index contributed by atoms with van der Waals surface area (Å²) in [4.78, 5) is 23.7. The summed E-state index contributed by atoms with van der Waals surface area (Å²) in [5, 5.41) is 12.3. The number of anilines is 1. The molecule has 0 radical (unpaired) electrons. The third-order valence-electron chi connectivity index (χ3n) is 4.43. The van der Waals surface area contributed by atoms with E-state index in [0.29, 0.717) is 17.9 Å². The predicted octanol–water partition coefficient (Wildman–Crippen LogP) is 3.27. The van der Waals surface area contributed by atoms with E-state index >= 15 is 0 Å². The molecule has 0 saturated carbocycles. The molecule has 0 bridgehead atoms. The van der Waals surface area contributed by atoms with E-state index in [0.717, 1.165) is 11.4 Å². The maximum absolute atomic E-state index is 12.0. The first-order valence-corrected chi connectivity index (χ1v) is 7.85. The molecular weight excluding hydrogens is 308 g/mol. The third-order valence-corrected chi connectivity index (χ3v) is 4.43. The first-order valence-electron chi connectivity index (χ1n) is 7.85. The Hall–Kier alpha value is -2.76. The molecule has 2 heterocycles. The number of nitrogens with one attached hydrogen (secondary N) is 1. The Morgan fingerprint density at radius 1 is 1.42 bits per heavy atom. The molecule has 0 fully saturated rings. The summed E-state index contributed by atoms with van der Waals surface area (Å²) in [5.41, 5.74) is 2.14. The molecule has 1 aliphatic heterocycles. The molecule has 126 valence electrons. The fraction of sp³-hybridized carbons (Fsp3) is 0.333. The molecule has 0 saturated heterocycles. The van der Waals surface area contributed by atoms with Crippen LogP contribution in [0.3, 0.4) is 0 Å². The molecule has 1 aromatic carbocycles. The SMILES string of the molecule is COc1cccc(-n2cc(C(=O)O)c3c2C(C(C)C)CC(=O)N3)c1. The zero-order valence-corrected chi connectivity index (χ0v) is 13.9. The Morgan fingerprint density at radius 2 is 2.17 bits per heavy atom. The van der Waals surface area contributed by atoms with Gasteiger partial charge in [-0.25, -0.2) is 4.79 Å². The molecule has 2 aromatic rings. The number of methoxy groups -OCH3 is 1. The third kappa shape index (κ3) is 2.64. The zero-order valence-electron chi connectivity index (χ0n) is 13.9. The second-order valence-electron chi connectivity index (χ2n) is 6.28. The average Bonchev–Trinajstić information content (AvgIpc) is 2.93. The number of aromatic carboxylic acids is 1. The highest BCUT2D eigenvalue weighted by molar-refractivity contribution is 6.03. The van der Waals surface area contributed by atoms with Gasteiger partial charge in [0.15, 0.2) is 0 Å². The maximum Gasteiger partial charge on any atom is 0.339 e. The van der Waals surface area contributed by atoms with Crippen molar-refractivity contribution in [2.75, 3.05) is 12.4 Å². The molecule has 6 nitrogen and oxygen atoms in total. The number of hydrogen-bond donors (Lipinski definition) is 2. The molecule has 6 heteroatoms. The number of ether oxygens (including phenoxy) is 1. The van der Waals surface area contributed by atoms with Crippen molar-refractivity contribution in [3.05, 3.63) is 41.7 Å². The number of amides is 1. The van der Waals surface area contributed by atoms with E-state index in [2.05, 4.69) is 5.32 Å². The zero-order chi connectivity index (χ0) is 17.4. The van der Waals surface area contributed by atoms with Crippen LogP contribution < -0.4 is 10.1 Å². The second-order valence-corrected chi connectivity index (χ2v) is 6.28. The highest BCUT2D eigenvalue weighted by atomic mass is 16.5. The smallest absolute Gasteiger partial charge is 0.339 e. The van der Waals surface area contributed by atoms with Crippen LogP contribution in [0.15, 0.2) is 30.5 Å². The van der Waals surface area contributed by atoms with Crippen molar-refractivity contribution >= 4 is 17.6 Å². The van der Waals surface area contributed by atoms with Crippen molar-refractivity contribution in [3.8, 4) is 11.4 Å². The number of fused-ring (bicyclic) bond motifs is 1. The van der Waals surface area contributed by atoms with E-state index in [-0.39, 0.29) is 23.3 Å². The molecule has 1 amide bonds. The van der Waals surface area contributed by atoms with Crippen molar-refractivity contribution < 1.29 is 19.4 Å². The lowest BCUT2D eigenvalue weighted by atomic mass is 9.85. The number of hydrogen-bond acceptors (Lipinski definition) is 3. The van der Waals surface area contributed by atoms with Crippen LogP contribution in [0.5, 0.6) is 5.75 Å². The van der Waals surface area contributed by atoms with Gasteiger partial charge < -0.3 is 19.7 Å². The highest BCUT2D eigenvalue weighted by Gasteiger charge is 2.34. The molecule has 1 aromatic heterocycles. The van der Waals surface area contributed by atoms with Gasteiger partial charge in [0.05, 0.1) is 18.5 Å². The van der Waals surface area contributed by atoms with Gasteiger partial charge in [-0.3, -0.25) is 4.79 Å². The van der Waals surface area contributed by atoms with Gasteiger partial charge in [0.25, 0.3) is 0 Å². The van der Waals surface area contributed by atoms with Gasteiger partial charge in [0.2, 0.25) is 5.91 Å². The normalized spacial score (nSPS) is 16.7. The summed E-state index contributed by atoms with van der Waals surface area (Å²) in [7, 11) is 1.59. The van der Waals surface area contributed by atoms with Gasteiger partial charge in [0.1, 0.15) is 11.3 Å². The van der Waals surface area contributed by atoms with E-state index in [4.69, 9.17) is 4.74 Å². The number of aromatic nitrogens is 1. The van der Waals surface area contributed by atoms with Crippen LogP contribution in [0.25, 0.3) is 5.69 Å². The minimum atomic E-state index is -1.06. The van der Waals surface area contributed by atoms with Crippen molar-refractivity contribution in [1.29, 1.82) is 0 Å². The van der Waals surface area contributed by atoms with Gasteiger partial charge in [0, 0.05) is 30.3 Å². The molecule has 1 atom stereocenters. The number of carbonyl (C=O) groups excluding carboxylic acids is 1. The van der Waals surface area contributed by atoms with Crippen LogP contribution in [-0.2, 0) is 4.79 Å². The number of nitrogens with zero attached hydrogens (tertiary/aromatic N) is 1. The Morgan fingerprint density at radius 3 is 2.79 bits per heavy atom. The largest absolute Gasteiger partial charge is 0.497 e.